The number of rotatable bonds is 14. The summed E-state index contributed by atoms with van der Waals surface area (Å²) in [5, 5.41) is 12.1. The van der Waals surface area contributed by atoms with Gasteiger partial charge in [0.05, 0.1) is 24.0 Å². The summed E-state index contributed by atoms with van der Waals surface area (Å²) >= 11 is 0. The van der Waals surface area contributed by atoms with Gasteiger partial charge in [-0.1, -0.05) is 45.7 Å². The molecule has 0 aromatic heterocycles. The first-order valence-corrected chi connectivity index (χ1v) is 15.4. The molecule has 2 aromatic carbocycles. The summed E-state index contributed by atoms with van der Waals surface area (Å²) in [5.74, 6) is -1.99. The van der Waals surface area contributed by atoms with E-state index in [-0.39, 0.29) is 23.3 Å². The van der Waals surface area contributed by atoms with Crippen LogP contribution >= 0.6 is 0 Å². The molecule has 4 N–H and O–H groups in total. The van der Waals surface area contributed by atoms with Gasteiger partial charge >= 0.3 is 0 Å². The number of morpholine rings is 1. The number of hydroxylamine groups is 1. The number of anilines is 1. The zero-order valence-electron chi connectivity index (χ0n) is 23.6. The van der Waals surface area contributed by atoms with Gasteiger partial charge in [0, 0.05) is 36.9 Å². The van der Waals surface area contributed by atoms with E-state index in [1.165, 1.54) is 36.2 Å². The van der Waals surface area contributed by atoms with Gasteiger partial charge in [0.2, 0.25) is 15.9 Å². The molecule has 0 spiro atoms. The van der Waals surface area contributed by atoms with Crippen molar-refractivity contribution in [3.8, 4) is 0 Å². The smallest absolute Gasteiger partial charge is 0.255 e. The lowest BCUT2D eigenvalue weighted by molar-refractivity contribution is -0.136. The molecule has 1 fully saturated rings. The maximum atomic E-state index is 13.4. The normalized spacial score (nSPS) is 15.9. The molecule has 1 aliphatic rings. The van der Waals surface area contributed by atoms with E-state index in [4.69, 9.17) is 4.74 Å². The van der Waals surface area contributed by atoms with Crippen LogP contribution in [0.15, 0.2) is 53.4 Å². The van der Waals surface area contributed by atoms with Gasteiger partial charge in [-0.05, 0) is 60.7 Å². The SMILES string of the molecule is CCCCCc1ccc(C(=O)Nc2ccc(S(=O)(=O)N[C@@H](CN3CCOCC3)C(C(=O)NO)C(C)C)cc2)cc1. The molecule has 0 radical (unpaired) electrons. The van der Waals surface area contributed by atoms with Crippen LogP contribution in [0, 0.1) is 11.8 Å². The number of sulfonamides is 1. The number of hydrogen-bond donors (Lipinski definition) is 4. The Kier molecular flexibility index (Phi) is 12.1. The number of aryl methyl sites for hydroxylation is 1. The molecule has 11 heteroatoms. The summed E-state index contributed by atoms with van der Waals surface area (Å²) in [4.78, 5) is 27.3. The Morgan fingerprint density at radius 3 is 2.23 bits per heavy atom. The average Bonchev–Trinajstić information content (AvgIpc) is 2.94. The molecule has 1 aliphatic heterocycles. The highest BCUT2D eigenvalue weighted by Gasteiger charge is 2.35. The Morgan fingerprint density at radius 1 is 1.00 bits per heavy atom. The van der Waals surface area contributed by atoms with Crippen molar-refractivity contribution in [1.82, 2.24) is 15.1 Å². The topological polar surface area (TPSA) is 137 Å². The Labute approximate surface area is 237 Å². The van der Waals surface area contributed by atoms with E-state index in [2.05, 4.69) is 17.0 Å². The van der Waals surface area contributed by atoms with Crippen LogP contribution in [0.2, 0.25) is 0 Å². The van der Waals surface area contributed by atoms with Gasteiger partial charge in [-0.15, -0.1) is 0 Å². The molecule has 220 valence electrons. The summed E-state index contributed by atoms with van der Waals surface area (Å²) in [6, 6.07) is 12.6. The van der Waals surface area contributed by atoms with E-state index < -0.39 is 27.9 Å². The minimum absolute atomic E-state index is 0.000761. The predicted molar refractivity (Wildman–Crippen MR) is 154 cm³/mol. The standard InChI is InChI=1S/C29H42N4O6S/c1-4-5-6-7-22-8-10-23(11-9-22)28(34)30-24-12-14-25(15-13-24)40(37,38)32-26(20-33-16-18-39-19-17-33)27(21(2)3)29(35)31-36/h8-15,21,26-27,32,36H,4-7,16-20H2,1-3H3,(H,30,34)(H,31,35)/t26-,27?/m0/s1. The maximum Gasteiger partial charge on any atom is 0.255 e. The molecule has 1 saturated heterocycles. The van der Waals surface area contributed by atoms with E-state index in [1.807, 2.05) is 17.0 Å². The van der Waals surface area contributed by atoms with E-state index in [1.54, 1.807) is 31.5 Å². The second kappa shape index (κ2) is 15.2. The van der Waals surface area contributed by atoms with Gasteiger partial charge in [0.25, 0.3) is 5.91 Å². The van der Waals surface area contributed by atoms with Crippen molar-refractivity contribution < 1.29 is 28.0 Å². The van der Waals surface area contributed by atoms with Gasteiger partial charge in [0.1, 0.15) is 0 Å². The summed E-state index contributed by atoms with van der Waals surface area (Å²) in [6.07, 6.45) is 4.43. The third kappa shape index (κ3) is 9.10. The number of nitrogens with one attached hydrogen (secondary N) is 3. The lowest BCUT2D eigenvalue weighted by atomic mass is 9.88. The van der Waals surface area contributed by atoms with Gasteiger partial charge in [0.15, 0.2) is 0 Å². The molecule has 40 heavy (non-hydrogen) atoms. The quantitative estimate of drug-likeness (QED) is 0.154. The lowest BCUT2D eigenvalue weighted by Gasteiger charge is -2.35. The first-order chi connectivity index (χ1) is 19.1. The molecule has 0 aliphatic carbocycles. The van der Waals surface area contributed by atoms with Crippen molar-refractivity contribution in [2.24, 2.45) is 11.8 Å². The Hall–Kier alpha value is -2.83. The number of nitrogens with zero attached hydrogens (tertiary/aromatic N) is 1. The molecule has 2 amide bonds. The number of hydrogen-bond acceptors (Lipinski definition) is 7. The number of ether oxygens (including phenoxy) is 1. The van der Waals surface area contributed by atoms with Gasteiger partial charge in [-0.25, -0.2) is 18.6 Å². The average molecular weight is 575 g/mol. The Morgan fingerprint density at radius 2 is 1.65 bits per heavy atom. The number of benzene rings is 2. The van der Waals surface area contributed by atoms with Crippen LogP contribution in [-0.2, 0) is 26.0 Å². The van der Waals surface area contributed by atoms with Crippen LogP contribution in [0.3, 0.4) is 0 Å². The molecule has 1 unspecified atom stereocenters. The molecule has 1 heterocycles. The third-order valence-electron chi connectivity index (χ3n) is 7.14. The fraction of sp³-hybridized carbons (Fsp3) is 0.517. The van der Waals surface area contributed by atoms with Crippen LogP contribution < -0.4 is 15.5 Å². The van der Waals surface area contributed by atoms with Gasteiger partial charge in [-0.2, -0.15) is 0 Å². The molecule has 2 atom stereocenters. The molecular formula is C29H42N4O6S. The van der Waals surface area contributed by atoms with Crippen LogP contribution in [0.5, 0.6) is 0 Å². The van der Waals surface area contributed by atoms with Crippen molar-refractivity contribution >= 4 is 27.5 Å². The molecular weight excluding hydrogens is 532 g/mol. The van der Waals surface area contributed by atoms with Crippen molar-refractivity contribution in [1.29, 1.82) is 0 Å². The van der Waals surface area contributed by atoms with Crippen LogP contribution in [0.4, 0.5) is 5.69 Å². The van der Waals surface area contributed by atoms with Gasteiger partial charge in [-0.3, -0.25) is 19.7 Å². The van der Waals surface area contributed by atoms with Crippen LogP contribution in [-0.4, -0.2) is 69.2 Å². The number of amides is 2. The second-order valence-corrected chi connectivity index (χ2v) is 12.2. The third-order valence-corrected chi connectivity index (χ3v) is 8.64. The lowest BCUT2D eigenvalue weighted by Crippen LogP contribution is -2.54. The minimum Gasteiger partial charge on any atom is -0.379 e. The van der Waals surface area contributed by atoms with Crippen LogP contribution in [0.1, 0.15) is 56.0 Å². The molecule has 3 rings (SSSR count). The zero-order valence-corrected chi connectivity index (χ0v) is 24.4. The van der Waals surface area contributed by atoms with Crippen molar-refractivity contribution in [3.05, 3.63) is 59.7 Å². The second-order valence-electron chi connectivity index (χ2n) is 10.5. The summed E-state index contributed by atoms with van der Waals surface area (Å²) in [7, 11) is -4.02. The van der Waals surface area contributed by atoms with Crippen molar-refractivity contribution in [2.75, 3.05) is 38.2 Å². The van der Waals surface area contributed by atoms with Gasteiger partial charge < -0.3 is 10.1 Å². The molecule has 0 bridgehead atoms. The maximum absolute atomic E-state index is 13.4. The zero-order chi connectivity index (χ0) is 29.1. The van der Waals surface area contributed by atoms with E-state index >= 15 is 0 Å². The fourth-order valence-corrected chi connectivity index (χ4v) is 6.15. The largest absolute Gasteiger partial charge is 0.379 e. The fourth-order valence-electron chi connectivity index (χ4n) is 4.90. The summed E-state index contributed by atoms with van der Waals surface area (Å²) in [6.45, 7) is 8.32. The first-order valence-electron chi connectivity index (χ1n) is 13.9. The monoisotopic (exact) mass is 574 g/mol. The van der Waals surface area contributed by atoms with Crippen molar-refractivity contribution in [2.45, 2.75) is 57.4 Å². The van der Waals surface area contributed by atoms with E-state index in [9.17, 15) is 23.2 Å². The summed E-state index contributed by atoms with van der Waals surface area (Å²) < 4.78 is 34.8. The number of unbranched alkanes of at least 4 members (excludes halogenated alkanes) is 2. The highest BCUT2D eigenvalue weighted by atomic mass is 32.2. The highest BCUT2D eigenvalue weighted by molar-refractivity contribution is 7.89. The minimum atomic E-state index is -4.02. The van der Waals surface area contributed by atoms with E-state index in [0.29, 0.717) is 37.6 Å². The molecule has 10 nitrogen and oxygen atoms in total. The number of carbonyl (C=O) groups is 2. The van der Waals surface area contributed by atoms with Crippen molar-refractivity contribution in [3.63, 3.8) is 0 Å². The van der Waals surface area contributed by atoms with Crippen LogP contribution in [0.25, 0.3) is 0 Å². The number of carbonyl (C=O) groups excluding carboxylic acids is 2. The highest BCUT2D eigenvalue weighted by Crippen LogP contribution is 2.22. The molecule has 2 aromatic rings. The predicted octanol–water partition coefficient (Wildman–Crippen LogP) is 3.43. The Balaban J connectivity index is 1.70. The summed E-state index contributed by atoms with van der Waals surface area (Å²) in [5.41, 5.74) is 3.85. The Bertz CT molecular complexity index is 1200. The molecule has 0 saturated carbocycles. The first kappa shape index (κ1) is 31.7. The van der Waals surface area contributed by atoms with E-state index in [0.717, 1.165) is 19.3 Å².